The number of rotatable bonds is 8. The summed E-state index contributed by atoms with van der Waals surface area (Å²) >= 11 is 0. The minimum absolute atomic E-state index is 0.548. The molecule has 0 fully saturated rings. The maximum atomic E-state index is 10.8. The molecule has 0 saturated carbocycles. The molecule has 0 aliphatic carbocycles. The molecule has 17 rings (SSSR count). The van der Waals surface area contributed by atoms with Crippen LogP contribution >= 0.6 is 0 Å². The molecule has 12 aromatic carbocycles. The van der Waals surface area contributed by atoms with Crippen molar-refractivity contribution in [3.8, 4) is 74.1 Å². The van der Waals surface area contributed by atoms with E-state index in [1.807, 2.05) is 72.8 Å². The van der Waals surface area contributed by atoms with Crippen molar-refractivity contribution in [2.75, 3.05) is 0 Å². The molecule has 5 heterocycles. The average molecular weight is 1070 g/mol. The summed E-state index contributed by atoms with van der Waals surface area (Å²) in [5.74, 6) is 1.72. The van der Waals surface area contributed by atoms with Crippen LogP contribution < -0.4 is 0 Å². The van der Waals surface area contributed by atoms with Crippen molar-refractivity contribution >= 4 is 87.2 Å². The summed E-state index contributed by atoms with van der Waals surface area (Å²) in [4.78, 5) is 15.6. The summed E-state index contributed by atoms with van der Waals surface area (Å²) in [6, 6.07) is 101. The number of fused-ring (bicyclic) bond motifs is 12. The Kier molecular flexibility index (Phi) is 10.5. The minimum atomic E-state index is 0.548. The third kappa shape index (κ3) is 7.23. The normalized spacial score (nSPS) is 11.8. The quantitative estimate of drug-likeness (QED) is 0.152. The molecule has 5 aromatic heterocycles. The van der Waals surface area contributed by atoms with Crippen LogP contribution in [0, 0.1) is 11.3 Å². The summed E-state index contributed by atoms with van der Waals surface area (Å²) in [6.45, 7) is 0. The van der Waals surface area contributed by atoms with Gasteiger partial charge in [0.15, 0.2) is 17.5 Å². The third-order valence-electron chi connectivity index (χ3n) is 16.8. The second-order valence-corrected chi connectivity index (χ2v) is 21.5. The highest BCUT2D eigenvalue weighted by molar-refractivity contribution is 6.15. The summed E-state index contributed by atoms with van der Waals surface area (Å²) in [7, 11) is 0. The molecule has 0 radical (unpaired) electrons. The zero-order valence-electron chi connectivity index (χ0n) is 45.1. The number of hydrogen-bond acceptors (Lipinski definition) is 4. The molecule has 8 heteroatoms. The van der Waals surface area contributed by atoms with Crippen LogP contribution in [0.5, 0.6) is 0 Å². The van der Waals surface area contributed by atoms with Gasteiger partial charge in [-0.15, -0.1) is 0 Å². The van der Waals surface area contributed by atoms with Gasteiger partial charge in [-0.1, -0.05) is 188 Å². The van der Waals surface area contributed by atoms with Crippen LogP contribution in [0.4, 0.5) is 0 Å². The third-order valence-corrected chi connectivity index (χ3v) is 16.8. The Balaban J connectivity index is 0.934. The van der Waals surface area contributed by atoms with Crippen molar-refractivity contribution in [3.05, 3.63) is 285 Å². The van der Waals surface area contributed by atoms with Crippen molar-refractivity contribution in [3.63, 3.8) is 0 Å². The number of aromatic nitrogens is 7. The van der Waals surface area contributed by atoms with Gasteiger partial charge in [0.1, 0.15) is 0 Å². The van der Waals surface area contributed by atoms with E-state index in [9.17, 15) is 5.26 Å². The number of nitrogens with zero attached hydrogens (tertiary/aromatic N) is 8. The number of hydrogen-bond donors (Lipinski definition) is 0. The predicted octanol–water partition coefficient (Wildman–Crippen LogP) is 18.8. The van der Waals surface area contributed by atoms with Crippen LogP contribution in [0.3, 0.4) is 0 Å². The van der Waals surface area contributed by atoms with E-state index in [-0.39, 0.29) is 0 Å². The molecular formula is C76H46N8. The fraction of sp³-hybridized carbons (Fsp3) is 0. The highest BCUT2D eigenvalue weighted by atomic mass is 15.0. The topological polar surface area (TPSA) is 82.2 Å². The molecule has 17 aromatic rings. The van der Waals surface area contributed by atoms with Gasteiger partial charge in [0.2, 0.25) is 0 Å². The fourth-order valence-electron chi connectivity index (χ4n) is 13.2. The van der Waals surface area contributed by atoms with Crippen LogP contribution in [0.2, 0.25) is 0 Å². The molecule has 0 N–H and O–H groups in total. The molecule has 8 nitrogen and oxygen atoms in total. The average Bonchev–Trinajstić information content (AvgIpc) is 1.94. The Hall–Kier alpha value is -11.7. The van der Waals surface area contributed by atoms with E-state index in [0.717, 1.165) is 116 Å². The van der Waals surface area contributed by atoms with Crippen LogP contribution in [0.1, 0.15) is 5.56 Å². The first-order chi connectivity index (χ1) is 41.6. The van der Waals surface area contributed by atoms with Gasteiger partial charge < -0.3 is 18.3 Å². The van der Waals surface area contributed by atoms with Crippen molar-refractivity contribution in [1.29, 1.82) is 5.26 Å². The minimum Gasteiger partial charge on any atom is -0.309 e. The smallest absolute Gasteiger partial charge is 0.164 e. The van der Waals surface area contributed by atoms with E-state index in [0.29, 0.717) is 23.0 Å². The number of nitriles is 1. The predicted molar refractivity (Wildman–Crippen MR) is 344 cm³/mol. The van der Waals surface area contributed by atoms with Gasteiger partial charge in [-0.3, -0.25) is 0 Å². The summed E-state index contributed by atoms with van der Waals surface area (Å²) in [5, 5.41) is 20.1. The first-order valence-corrected chi connectivity index (χ1v) is 28.2. The fourth-order valence-corrected chi connectivity index (χ4v) is 13.2. The first kappa shape index (κ1) is 47.2. The van der Waals surface area contributed by atoms with Crippen LogP contribution in [-0.4, -0.2) is 33.2 Å². The highest BCUT2D eigenvalue weighted by Gasteiger charge is 2.25. The lowest BCUT2D eigenvalue weighted by Gasteiger charge is -2.20. The van der Waals surface area contributed by atoms with E-state index < -0.39 is 0 Å². The van der Waals surface area contributed by atoms with Gasteiger partial charge in [-0.2, -0.15) is 5.26 Å². The lowest BCUT2D eigenvalue weighted by molar-refractivity contribution is 1.07. The van der Waals surface area contributed by atoms with E-state index in [1.165, 1.54) is 21.5 Å². The van der Waals surface area contributed by atoms with E-state index in [4.69, 9.17) is 15.0 Å². The second kappa shape index (κ2) is 18.7. The Morgan fingerprint density at radius 3 is 0.976 bits per heavy atom. The number of para-hydroxylation sites is 6. The zero-order valence-corrected chi connectivity index (χ0v) is 45.1. The van der Waals surface area contributed by atoms with Crippen molar-refractivity contribution < 1.29 is 0 Å². The summed E-state index contributed by atoms with van der Waals surface area (Å²) < 4.78 is 9.52. The Labute approximate surface area is 481 Å². The van der Waals surface area contributed by atoms with Crippen LogP contribution in [-0.2, 0) is 0 Å². The SMILES string of the molecule is N#Cc1ccc(-c2ccc(-c3nc(-c4ccccc4)nc(-c4ccccc4)n3)cc2-n2c3ccccc3c3cc(-n4c5ccccc5c5ccccc54)ccc32)c(-n2c3ccccc3c3cc(-n4c5ccccc5c5ccccc54)ccc32)c1. The van der Waals surface area contributed by atoms with Crippen molar-refractivity contribution in [2.45, 2.75) is 0 Å². The molecule has 0 aliphatic heterocycles. The van der Waals surface area contributed by atoms with E-state index >= 15 is 0 Å². The highest BCUT2D eigenvalue weighted by Crippen LogP contribution is 2.45. The Bertz CT molecular complexity index is 5420. The molecule has 0 spiro atoms. The molecular weight excluding hydrogens is 1020 g/mol. The monoisotopic (exact) mass is 1070 g/mol. The van der Waals surface area contributed by atoms with Gasteiger partial charge in [-0.05, 0) is 91.0 Å². The largest absolute Gasteiger partial charge is 0.309 e. The molecule has 0 atom stereocenters. The maximum absolute atomic E-state index is 10.8. The lowest BCUT2D eigenvalue weighted by atomic mass is 9.97. The zero-order chi connectivity index (χ0) is 55.4. The second-order valence-electron chi connectivity index (χ2n) is 21.5. The lowest BCUT2D eigenvalue weighted by Crippen LogP contribution is -2.04. The van der Waals surface area contributed by atoms with Crippen molar-refractivity contribution in [1.82, 2.24) is 33.2 Å². The molecule has 84 heavy (non-hydrogen) atoms. The van der Waals surface area contributed by atoms with Crippen LogP contribution in [0.15, 0.2) is 279 Å². The van der Waals surface area contributed by atoms with Gasteiger partial charge in [0.25, 0.3) is 0 Å². The molecule has 0 aliphatic rings. The molecule has 0 amide bonds. The molecule has 0 saturated heterocycles. The summed E-state index contributed by atoms with van der Waals surface area (Å²) in [6.07, 6.45) is 0. The maximum Gasteiger partial charge on any atom is 0.164 e. The first-order valence-electron chi connectivity index (χ1n) is 28.2. The standard InChI is InChI=1S/C76H46N8/c77-47-48-35-39-60(72(43-48)83-68-33-17-11-27-58(68)62-45-52(37-41-70(62)83)81-64-29-13-7-23-54(64)55-24-8-14-30-65(55)81)61-40-36-51(76-79-74(49-19-3-1-4-20-49)78-75(80-76)50-21-5-2-6-22-50)44-73(61)84-69-34-18-12-28-59(69)63-46-53(38-42-71(63)84)82-66-31-15-9-25-56(66)57-26-10-16-32-67(57)82/h1-46H. The summed E-state index contributed by atoms with van der Waals surface area (Å²) in [5.41, 5.74) is 17.8. The van der Waals surface area contributed by atoms with E-state index in [1.54, 1.807) is 0 Å². The van der Waals surface area contributed by atoms with Crippen molar-refractivity contribution in [2.24, 2.45) is 0 Å². The Morgan fingerprint density at radius 2 is 0.571 bits per heavy atom. The van der Waals surface area contributed by atoms with Gasteiger partial charge >= 0.3 is 0 Å². The molecule has 0 bridgehead atoms. The number of benzene rings is 12. The van der Waals surface area contributed by atoms with Gasteiger partial charge in [0.05, 0.1) is 67.1 Å². The van der Waals surface area contributed by atoms with E-state index in [2.05, 4.69) is 231 Å². The molecule has 390 valence electrons. The van der Waals surface area contributed by atoms with Gasteiger partial charge in [0, 0.05) is 82.3 Å². The van der Waals surface area contributed by atoms with Gasteiger partial charge in [-0.25, -0.2) is 15.0 Å². The van der Waals surface area contributed by atoms with Crippen LogP contribution in [0.25, 0.3) is 155 Å². The Morgan fingerprint density at radius 1 is 0.250 bits per heavy atom. The molecule has 0 unspecified atom stereocenters.